The molecule has 2 aromatic rings. The molecule has 0 heterocycles. The summed E-state index contributed by atoms with van der Waals surface area (Å²) < 4.78 is 10.6. The van der Waals surface area contributed by atoms with E-state index in [4.69, 9.17) is 9.47 Å². The molecular formula is C22H31N3O3. The highest BCUT2D eigenvalue weighted by molar-refractivity contribution is 5.79. The minimum absolute atomic E-state index is 0.488. The second-order valence-electron chi connectivity index (χ2n) is 6.33. The minimum Gasteiger partial charge on any atom is -0.491 e. The Labute approximate surface area is 167 Å². The van der Waals surface area contributed by atoms with E-state index in [0.717, 1.165) is 29.4 Å². The predicted molar refractivity (Wildman–Crippen MR) is 113 cm³/mol. The number of rotatable bonds is 11. The predicted octanol–water partition coefficient (Wildman–Crippen LogP) is 2.89. The van der Waals surface area contributed by atoms with Gasteiger partial charge in [-0.1, -0.05) is 42.5 Å². The third kappa shape index (κ3) is 7.98. The van der Waals surface area contributed by atoms with E-state index in [0.29, 0.717) is 32.7 Å². The van der Waals surface area contributed by atoms with Crippen molar-refractivity contribution in [3.05, 3.63) is 65.7 Å². The molecular weight excluding hydrogens is 354 g/mol. The lowest BCUT2D eigenvalue weighted by Crippen LogP contribution is -2.38. The number of methoxy groups -OCH3 is 1. The monoisotopic (exact) mass is 385 g/mol. The smallest absolute Gasteiger partial charge is 0.191 e. The molecule has 0 fully saturated rings. The number of hydrogen-bond donors (Lipinski definition) is 3. The van der Waals surface area contributed by atoms with Crippen molar-refractivity contribution in [2.45, 2.75) is 26.0 Å². The second-order valence-corrected chi connectivity index (χ2v) is 6.33. The lowest BCUT2D eigenvalue weighted by molar-refractivity contribution is 0.146. The third-order valence-electron chi connectivity index (χ3n) is 4.11. The van der Waals surface area contributed by atoms with Crippen LogP contribution in [0.2, 0.25) is 0 Å². The fraction of sp³-hybridized carbons (Fsp3) is 0.409. The number of aliphatic hydroxyl groups is 1. The van der Waals surface area contributed by atoms with Gasteiger partial charge in [-0.15, -0.1) is 0 Å². The zero-order valence-electron chi connectivity index (χ0n) is 16.7. The first kappa shape index (κ1) is 21.7. The van der Waals surface area contributed by atoms with Crippen molar-refractivity contribution in [3.8, 4) is 5.75 Å². The van der Waals surface area contributed by atoms with Gasteiger partial charge in [-0.2, -0.15) is 0 Å². The Morgan fingerprint density at radius 1 is 1.07 bits per heavy atom. The van der Waals surface area contributed by atoms with Crippen LogP contribution in [-0.4, -0.2) is 44.5 Å². The van der Waals surface area contributed by atoms with Gasteiger partial charge in [-0.25, -0.2) is 4.99 Å². The minimum atomic E-state index is -0.488. The van der Waals surface area contributed by atoms with Crippen LogP contribution in [0.5, 0.6) is 5.75 Å². The van der Waals surface area contributed by atoms with Crippen molar-refractivity contribution < 1.29 is 14.6 Å². The van der Waals surface area contributed by atoms with E-state index in [1.807, 2.05) is 61.5 Å². The number of guanidine groups is 1. The van der Waals surface area contributed by atoms with Crippen LogP contribution in [0.1, 0.15) is 30.6 Å². The quantitative estimate of drug-likeness (QED) is 0.315. The van der Waals surface area contributed by atoms with Crippen LogP contribution >= 0.6 is 0 Å². The van der Waals surface area contributed by atoms with E-state index < -0.39 is 6.10 Å². The molecule has 152 valence electrons. The van der Waals surface area contributed by atoms with Gasteiger partial charge in [-0.05, 0) is 36.6 Å². The molecule has 0 saturated carbocycles. The summed E-state index contributed by atoms with van der Waals surface area (Å²) in [4.78, 5) is 4.62. The highest BCUT2D eigenvalue weighted by Gasteiger charge is 2.07. The molecule has 6 heteroatoms. The maximum Gasteiger partial charge on any atom is 0.191 e. The molecule has 6 nitrogen and oxygen atoms in total. The molecule has 0 aliphatic rings. The van der Waals surface area contributed by atoms with Crippen molar-refractivity contribution in [2.24, 2.45) is 4.99 Å². The Morgan fingerprint density at radius 2 is 1.89 bits per heavy atom. The highest BCUT2D eigenvalue weighted by Crippen LogP contribution is 2.15. The number of nitrogens with one attached hydrogen (secondary N) is 2. The molecule has 0 spiro atoms. The van der Waals surface area contributed by atoms with Crippen molar-refractivity contribution in [2.75, 3.05) is 33.4 Å². The Kier molecular flexibility index (Phi) is 9.89. The number of aliphatic imine (C=N–C) groups is 1. The lowest BCUT2D eigenvalue weighted by Gasteiger charge is -2.14. The standard InChI is InChI=1S/C22H31N3O3/c1-3-23-22(24-13-12-21(26)19-9-5-4-6-10-19)25-17-18-8-7-11-20(16-18)28-15-14-27-2/h4-11,16,21,26H,3,12-15,17H2,1-2H3,(H2,23,24,25). The molecule has 0 amide bonds. The van der Waals surface area contributed by atoms with Crippen LogP contribution in [-0.2, 0) is 11.3 Å². The fourth-order valence-corrected chi connectivity index (χ4v) is 2.66. The number of ether oxygens (including phenoxy) is 2. The summed E-state index contributed by atoms with van der Waals surface area (Å²) in [6, 6.07) is 17.6. The Hall–Kier alpha value is -2.57. The molecule has 1 atom stereocenters. The summed E-state index contributed by atoms with van der Waals surface area (Å²) in [5.74, 6) is 1.54. The molecule has 0 bridgehead atoms. The number of hydrogen-bond acceptors (Lipinski definition) is 4. The van der Waals surface area contributed by atoms with Gasteiger partial charge in [0.25, 0.3) is 0 Å². The van der Waals surface area contributed by atoms with Crippen LogP contribution in [0.25, 0.3) is 0 Å². The summed E-state index contributed by atoms with van der Waals surface area (Å²) in [6.45, 7) is 5.05. The zero-order valence-corrected chi connectivity index (χ0v) is 16.7. The molecule has 0 aromatic heterocycles. The first-order chi connectivity index (χ1) is 13.7. The van der Waals surface area contributed by atoms with Gasteiger partial charge in [0.1, 0.15) is 12.4 Å². The third-order valence-corrected chi connectivity index (χ3v) is 4.11. The molecule has 2 aromatic carbocycles. The van der Waals surface area contributed by atoms with Gasteiger partial charge >= 0.3 is 0 Å². The molecule has 1 unspecified atom stereocenters. The Bertz CT molecular complexity index is 707. The molecule has 0 aliphatic carbocycles. The van der Waals surface area contributed by atoms with Crippen molar-refractivity contribution >= 4 is 5.96 Å². The fourth-order valence-electron chi connectivity index (χ4n) is 2.66. The van der Waals surface area contributed by atoms with E-state index in [2.05, 4.69) is 15.6 Å². The highest BCUT2D eigenvalue weighted by atomic mass is 16.5. The normalized spacial score (nSPS) is 12.5. The van der Waals surface area contributed by atoms with Gasteiger partial charge < -0.3 is 25.2 Å². The van der Waals surface area contributed by atoms with Gasteiger partial charge in [0, 0.05) is 20.2 Å². The zero-order chi connectivity index (χ0) is 20.0. The average molecular weight is 386 g/mol. The average Bonchev–Trinajstić information content (AvgIpc) is 2.73. The first-order valence-electron chi connectivity index (χ1n) is 9.68. The maximum atomic E-state index is 10.3. The Morgan fingerprint density at radius 3 is 2.64 bits per heavy atom. The van der Waals surface area contributed by atoms with E-state index in [1.165, 1.54) is 0 Å². The van der Waals surface area contributed by atoms with Gasteiger partial charge in [0.2, 0.25) is 0 Å². The van der Waals surface area contributed by atoms with Gasteiger partial charge in [0.15, 0.2) is 5.96 Å². The molecule has 0 aliphatic heterocycles. The molecule has 28 heavy (non-hydrogen) atoms. The van der Waals surface area contributed by atoms with Crippen LogP contribution in [0, 0.1) is 0 Å². The number of nitrogens with zero attached hydrogens (tertiary/aromatic N) is 1. The number of aliphatic hydroxyl groups excluding tert-OH is 1. The maximum absolute atomic E-state index is 10.3. The van der Waals surface area contributed by atoms with Crippen molar-refractivity contribution in [1.29, 1.82) is 0 Å². The van der Waals surface area contributed by atoms with Crippen molar-refractivity contribution in [1.82, 2.24) is 10.6 Å². The van der Waals surface area contributed by atoms with Crippen LogP contribution in [0.3, 0.4) is 0 Å². The van der Waals surface area contributed by atoms with Crippen LogP contribution < -0.4 is 15.4 Å². The van der Waals surface area contributed by atoms with Gasteiger partial charge in [-0.3, -0.25) is 0 Å². The van der Waals surface area contributed by atoms with Crippen molar-refractivity contribution in [3.63, 3.8) is 0 Å². The SMILES string of the molecule is CCNC(=NCc1cccc(OCCOC)c1)NCCC(O)c1ccccc1. The Balaban J connectivity index is 1.85. The van der Waals surface area contributed by atoms with E-state index in [1.54, 1.807) is 7.11 Å². The lowest BCUT2D eigenvalue weighted by atomic mass is 10.1. The molecule has 0 radical (unpaired) electrons. The second kappa shape index (κ2) is 12.8. The van der Waals surface area contributed by atoms with Gasteiger partial charge in [0.05, 0.1) is 19.3 Å². The molecule has 0 saturated heterocycles. The van der Waals surface area contributed by atoms with E-state index in [-0.39, 0.29) is 0 Å². The van der Waals surface area contributed by atoms with E-state index >= 15 is 0 Å². The van der Waals surface area contributed by atoms with E-state index in [9.17, 15) is 5.11 Å². The summed E-state index contributed by atoms with van der Waals surface area (Å²) >= 11 is 0. The number of benzene rings is 2. The summed E-state index contributed by atoms with van der Waals surface area (Å²) in [5.41, 5.74) is 1.99. The summed E-state index contributed by atoms with van der Waals surface area (Å²) in [5, 5.41) is 16.8. The largest absolute Gasteiger partial charge is 0.491 e. The summed E-state index contributed by atoms with van der Waals surface area (Å²) in [7, 11) is 1.66. The summed E-state index contributed by atoms with van der Waals surface area (Å²) in [6.07, 6.45) is 0.120. The first-order valence-corrected chi connectivity index (χ1v) is 9.68. The topological polar surface area (TPSA) is 75.1 Å². The van der Waals surface area contributed by atoms with Crippen LogP contribution in [0.15, 0.2) is 59.6 Å². The molecule has 3 N–H and O–H groups in total. The van der Waals surface area contributed by atoms with Crippen LogP contribution in [0.4, 0.5) is 0 Å². The molecule has 2 rings (SSSR count).